The first-order valence-electron chi connectivity index (χ1n) is 3.65. The Morgan fingerprint density at radius 2 is 2.36 bits per heavy atom. The van der Waals surface area contributed by atoms with Gasteiger partial charge in [-0.2, -0.15) is 11.3 Å². The van der Waals surface area contributed by atoms with Crippen molar-refractivity contribution in [2.75, 3.05) is 6.54 Å². The van der Waals surface area contributed by atoms with Gasteiger partial charge in [0.2, 0.25) is 0 Å². The van der Waals surface area contributed by atoms with Gasteiger partial charge in [0.1, 0.15) is 0 Å². The highest BCUT2D eigenvalue weighted by molar-refractivity contribution is 7.07. The largest absolute Gasteiger partial charge is 1.00 e. The van der Waals surface area contributed by atoms with Gasteiger partial charge in [0.25, 0.3) is 0 Å². The van der Waals surface area contributed by atoms with E-state index in [0.717, 1.165) is 13.1 Å². The Morgan fingerprint density at radius 1 is 1.55 bits per heavy atom. The standard InChI is InChI=1S/C8H13NS.ClH/c1-2-4-9-6-8-3-5-10-7-8;/h3,5,7,9H,2,4,6H2,1H3;1H/p-1. The molecule has 11 heavy (non-hydrogen) atoms. The van der Waals surface area contributed by atoms with Crippen LogP contribution in [0, 0.1) is 0 Å². The van der Waals surface area contributed by atoms with Crippen LogP contribution in [0.3, 0.4) is 0 Å². The number of thiophene rings is 1. The molecule has 1 nitrogen and oxygen atoms in total. The number of hydrogen-bond acceptors (Lipinski definition) is 2. The van der Waals surface area contributed by atoms with Crippen molar-refractivity contribution in [1.82, 2.24) is 5.32 Å². The molecule has 0 aliphatic rings. The van der Waals surface area contributed by atoms with Crippen molar-refractivity contribution in [3.63, 3.8) is 0 Å². The van der Waals surface area contributed by atoms with E-state index < -0.39 is 0 Å². The van der Waals surface area contributed by atoms with Crippen LogP contribution >= 0.6 is 11.3 Å². The second-order valence-corrected chi connectivity index (χ2v) is 3.09. The second kappa shape index (κ2) is 6.65. The zero-order chi connectivity index (χ0) is 7.23. The summed E-state index contributed by atoms with van der Waals surface area (Å²) in [7, 11) is 0. The molecule has 0 aromatic carbocycles. The van der Waals surface area contributed by atoms with Crippen LogP contribution < -0.4 is 17.7 Å². The van der Waals surface area contributed by atoms with Gasteiger partial charge in [-0.3, -0.25) is 0 Å². The molecule has 64 valence electrons. The van der Waals surface area contributed by atoms with E-state index in [0.29, 0.717) is 0 Å². The van der Waals surface area contributed by atoms with E-state index in [2.05, 4.69) is 29.1 Å². The van der Waals surface area contributed by atoms with Crippen LogP contribution in [-0.2, 0) is 6.54 Å². The normalized spacial score (nSPS) is 9.18. The lowest BCUT2D eigenvalue weighted by Gasteiger charge is -1.98. The second-order valence-electron chi connectivity index (χ2n) is 2.31. The van der Waals surface area contributed by atoms with Gasteiger partial charge in [-0.05, 0) is 35.4 Å². The van der Waals surface area contributed by atoms with Gasteiger partial charge in [-0.1, -0.05) is 6.92 Å². The van der Waals surface area contributed by atoms with E-state index in [9.17, 15) is 0 Å². The predicted molar refractivity (Wildman–Crippen MR) is 46.3 cm³/mol. The molecule has 0 atom stereocenters. The number of nitrogens with one attached hydrogen (secondary N) is 1. The molecule has 0 amide bonds. The summed E-state index contributed by atoms with van der Waals surface area (Å²) < 4.78 is 0. The van der Waals surface area contributed by atoms with Crippen LogP contribution in [0.4, 0.5) is 0 Å². The maximum Gasteiger partial charge on any atom is 0.0213 e. The minimum absolute atomic E-state index is 0. The van der Waals surface area contributed by atoms with Crippen molar-refractivity contribution in [1.29, 1.82) is 0 Å². The maximum absolute atomic E-state index is 3.34. The van der Waals surface area contributed by atoms with E-state index in [1.54, 1.807) is 11.3 Å². The Morgan fingerprint density at radius 3 is 2.91 bits per heavy atom. The molecule has 0 aliphatic heterocycles. The molecule has 3 heteroatoms. The molecule has 1 aromatic heterocycles. The molecular formula is C8H13ClNS-. The predicted octanol–water partition coefficient (Wildman–Crippen LogP) is -0.748. The molecule has 1 aromatic rings. The quantitative estimate of drug-likeness (QED) is 0.617. The zero-order valence-electron chi connectivity index (χ0n) is 6.64. The fraction of sp³-hybridized carbons (Fsp3) is 0.500. The Balaban J connectivity index is 0.000001000. The average Bonchev–Trinajstić information content (AvgIpc) is 2.41. The van der Waals surface area contributed by atoms with Crippen molar-refractivity contribution in [2.24, 2.45) is 0 Å². The first kappa shape index (κ1) is 11.0. The molecule has 0 saturated heterocycles. The van der Waals surface area contributed by atoms with Crippen molar-refractivity contribution in [2.45, 2.75) is 19.9 Å². The van der Waals surface area contributed by atoms with E-state index in [-0.39, 0.29) is 12.4 Å². The third-order valence-electron chi connectivity index (χ3n) is 1.34. The Bertz CT molecular complexity index is 163. The smallest absolute Gasteiger partial charge is 0.0213 e. The highest BCUT2D eigenvalue weighted by atomic mass is 35.5. The summed E-state index contributed by atoms with van der Waals surface area (Å²) in [5.41, 5.74) is 1.40. The monoisotopic (exact) mass is 190 g/mol. The summed E-state index contributed by atoms with van der Waals surface area (Å²) in [5, 5.41) is 7.64. The minimum Gasteiger partial charge on any atom is -1.00 e. The SMILES string of the molecule is CCCNCc1ccsc1.[Cl-]. The molecule has 1 heterocycles. The summed E-state index contributed by atoms with van der Waals surface area (Å²) >= 11 is 1.76. The van der Waals surface area contributed by atoms with Gasteiger partial charge in [-0.25, -0.2) is 0 Å². The van der Waals surface area contributed by atoms with E-state index >= 15 is 0 Å². The fourth-order valence-corrected chi connectivity index (χ4v) is 1.47. The molecular weight excluding hydrogens is 178 g/mol. The number of halogens is 1. The third kappa shape index (κ3) is 4.40. The maximum atomic E-state index is 3.34. The Hall–Kier alpha value is -0.0500. The molecule has 0 spiro atoms. The molecule has 0 bridgehead atoms. The van der Waals surface area contributed by atoms with Gasteiger partial charge in [0.15, 0.2) is 0 Å². The molecule has 0 unspecified atom stereocenters. The number of rotatable bonds is 4. The summed E-state index contributed by atoms with van der Waals surface area (Å²) in [4.78, 5) is 0. The average molecular weight is 191 g/mol. The van der Waals surface area contributed by atoms with Gasteiger partial charge in [0.05, 0.1) is 0 Å². The van der Waals surface area contributed by atoms with Gasteiger partial charge in [-0.15, -0.1) is 0 Å². The molecule has 0 saturated carbocycles. The van der Waals surface area contributed by atoms with Crippen LogP contribution in [0.2, 0.25) is 0 Å². The lowest BCUT2D eigenvalue weighted by atomic mass is 10.3. The topological polar surface area (TPSA) is 12.0 Å². The van der Waals surface area contributed by atoms with Gasteiger partial charge < -0.3 is 17.7 Å². The molecule has 1 N–H and O–H groups in total. The lowest BCUT2D eigenvalue weighted by Crippen LogP contribution is -3.00. The molecule has 0 radical (unpaired) electrons. The lowest BCUT2D eigenvalue weighted by molar-refractivity contribution is -0.00000211. The summed E-state index contributed by atoms with van der Waals surface area (Å²) in [6.45, 7) is 4.33. The van der Waals surface area contributed by atoms with Crippen LogP contribution in [0.15, 0.2) is 16.8 Å². The van der Waals surface area contributed by atoms with Crippen molar-refractivity contribution in [3.05, 3.63) is 22.4 Å². The highest BCUT2D eigenvalue weighted by Gasteiger charge is 1.89. The van der Waals surface area contributed by atoms with E-state index in [1.807, 2.05) is 0 Å². The Kier molecular flexibility index (Phi) is 6.62. The van der Waals surface area contributed by atoms with Crippen LogP contribution in [-0.4, -0.2) is 6.54 Å². The van der Waals surface area contributed by atoms with E-state index in [1.165, 1.54) is 12.0 Å². The molecule has 0 fully saturated rings. The van der Waals surface area contributed by atoms with Crippen LogP contribution in [0.1, 0.15) is 18.9 Å². The summed E-state index contributed by atoms with van der Waals surface area (Å²) in [5.74, 6) is 0. The van der Waals surface area contributed by atoms with Crippen molar-refractivity contribution < 1.29 is 12.4 Å². The van der Waals surface area contributed by atoms with Crippen LogP contribution in [0.25, 0.3) is 0 Å². The zero-order valence-corrected chi connectivity index (χ0v) is 8.21. The summed E-state index contributed by atoms with van der Waals surface area (Å²) in [6.07, 6.45) is 1.21. The van der Waals surface area contributed by atoms with Crippen molar-refractivity contribution >= 4 is 11.3 Å². The van der Waals surface area contributed by atoms with Crippen molar-refractivity contribution in [3.8, 4) is 0 Å². The first-order valence-corrected chi connectivity index (χ1v) is 4.59. The summed E-state index contributed by atoms with van der Waals surface area (Å²) in [6, 6.07) is 2.16. The minimum atomic E-state index is 0. The fourth-order valence-electron chi connectivity index (χ4n) is 0.803. The molecule has 1 rings (SSSR count). The number of hydrogen-bond donors (Lipinski definition) is 1. The Labute approximate surface area is 78.2 Å². The highest BCUT2D eigenvalue weighted by Crippen LogP contribution is 2.04. The van der Waals surface area contributed by atoms with Crippen LogP contribution in [0.5, 0.6) is 0 Å². The van der Waals surface area contributed by atoms with Gasteiger partial charge >= 0.3 is 0 Å². The van der Waals surface area contributed by atoms with E-state index in [4.69, 9.17) is 0 Å². The first-order chi connectivity index (χ1) is 4.93. The van der Waals surface area contributed by atoms with Gasteiger partial charge in [0, 0.05) is 6.54 Å². The third-order valence-corrected chi connectivity index (χ3v) is 2.07. The molecule has 0 aliphatic carbocycles.